The van der Waals surface area contributed by atoms with Crippen molar-refractivity contribution in [2.75, 3.05) is 6.54 Å². The number of carboxylic acid groups (broad SMARTS) is 1. The van der Waals surface area contributed by atoms with Crippen LogP contribution < -0.4 is 0 Å². The summed E-state index contributed by atoms with van der Waals surface area (Å²) in [5.41, 5.74) is 2.92. The van der Waals surface area contributed by atoms with Gasteiger partial charge in [-0.1, -0.05) is 58.8 Å². The third-order valence-corrected chi connectivity index (χ3v) is 7.29. The number of hydrogen-bond donors (Lipinski definition) is 1. The average molecular weight is 472 g/mol. The Morgan fingerprint density at radius 3 is 2.61 bits per heavy atom. The molecule has 182 valence electrons. The Labute approximate surface area is 205 Å². The lowest BCUT2D eigenvalue weighted by Gasteiger charge is -2.33. The van der Waals surface area contributed by atoms with E-state index in [1.807, 2.05) is 11.8 Å². The molecule has 2 rings (SSSR count). The van der Waals surface area contributed by atoms with E-state index in [0.29, 0.717) is 6.42 Å². The Morgan fingerprint density at radius 2 is 1.97 bits per heavy atom. The number of rotatable bonds is 10. The quantitative estimate of drug-likeness (QED) is 0.359. The number of carboxylic acids is 1. The number of amides is 1. The Kier molecular flexibility index (Phi) is 9.91. The summed E-state index contributed by atoms with van der Waals surface area (Å²) < 4.78 is 0.129. The second-order valence-electron chi connectivity index (χ2n) is 11.0. The molecule has 0 heterocycles. The minimum atomic E-state index is -0.871. The van der Waals surface area contributed by atoms with Crippen molar-refractivity contribution < 1.29 is 14.7 Å². The molecule has 0 aromatic rings. The fraction of sp³-hybridized carbons (Fsp3) is 0.643. The molecule has 2 aliphatic rings. The number of carbonyl (C=O) groups excluding carboxylic acids is 1. The van der Waals surface area contributed by atoms with E-state index < -0.39 is 5.97 Å². The number of carbonyl (C=O) groups is 2. The highest BCUT2D eigenvalue weighted by molar-refractivity contribution is 8.04. The summed E-state index contributed by atoms with van der Waals surface area (Å²) in [6, 6.07) is 0.0191. The fourth-order valence-electron chi connectivity index (χ4n) is 5.12. The third kappa shape index (κ3) is 9.08. The second kappa shape index (κ2) is 12.0. The number of thioether (sulfide) groups is 1. The zero-order valence-electron chi connectivity index (χ0n) is 21.1. The lowest BCUT2D eigenvalue weighted by atomic mass is 9.86. The van der Waals surface area contributed by atoms with Crippen LogP contribution in [0.1, 0.15) is 92.4 Å². The van der Waals surface area contributed by atoms with Crippen LogP contribution >= 0.6 is 11.8 Å². The first-order chi connectivity index (χ1) is 15.4. The topological polar surface area (TPSA) is 57.6 Å². The van der Waals surface area contributed by atoms with Crippen LogP contribution in [0, 0.1) is 17.8 Å². The lowest BCUT2D eigenvalue weighted by Crippen LogP contribution is -2.40. The van der Waals surface area contributed by atoms with Crippen LogP contribution in [-0.2, 0) is 9.59 Å². The van der Waals surface area contributed by atoms with E-state index in [1.54, 1.807) is 4.90 Å². The molecule has 0 bridgehead atoms. The first-order valence-electron chi connectivity index (χ1n) is 12.2. The van der Waals surface area contributed by atoms with Gasteiger partial charge in [0.1, 0.15) is 0 Å². The van der Waals surface area contributed by atoms with E-state index in [0.717, 1.165) is 38.5 Å². The SMILES string of the molecule is C#CCN(C(=O)CCCC(=O)O)C1CCC/C1=C\C1=C(SC(C)(C)CC(C)(C)C)C=CCC1. The summed E-state index contributed by atoms with van der Waals surface area (Å²) in [5.74, 6) is 1.74. The molecule has 33 heavy (non-hydrogen) atoms. The Balaban J connectivity index is 2.25. The summed E-state index contributed by atoms with van der Waals surface area (Å²) >= 11 is 1.96. The monoisotopic (exact) mass is 471 g/mol. The Morgan fingerprint density at radius 1 is 1.24 bits per heavy atom. The third-order valence-electron chi connectivity index (χ3n) is 5.98. The average Bonchev–Trinajstić information content (AvgIpc) is 3.12. The van der Waals surface area contributed by atoms with Gasteiger partial charge in [-0.05, 0) is 61.5 Å². The van der Waals surface area contributed by atoms with Gasteiger partial charge in [0.15, 0.2) is 0 Å². The molecule has 5 heteroatoms. The number of nitrogens with zero attached hydrogens (tertiary/aromatic N) is 1. The molecular weight excluding hydrogens is 430 g/mol. The highest BCUT2D eigenvalue weighted by Gasteiger charge is 2.31. The van der Waals surface area contributed by atoms with Crippen LogP contribution in [0.25, 0.3) is 0 Å². The van der Waals surface area contributed by atoms with Gasteiger partial charge in [0.2, 0.25) is 5.91 Å². The van der Waals surface area contributed by atoms with Crippen molar-refractivity contribution in [3.8, 4) is 12.3 Å². The molecule has 0 aliphatic heterocycles. The molecule has 4 nitrogen and oxygen atoms in total. The minimum absolute atomic E-state index is 0.00709. The molecule has 1 N–H and O–H groups in total. The molecular formula is C28H41NO3S. The van der Waals surface area contributed by atoms with Crippen LogP contribution in [0.3, 0.4) is 0 Å². The van der Waals surface area contributed by atoms with Crippen LogP contribution in [0.15, 0.2) is 34.3 Å². The van der Waals surface area contributed by atoms with Crippen molar-refractivity contribution in [3.05, 3.63) is 34.3 Å². The highest BCUT2D eigenvalue weighted by Crippen LogP contribution is 2.44. The van der Waals surface area contributed by atoms with E-state index >= 15 is 0 Å². The van der Waals surface area contributed by atoms with Gasteiger partial charge >= 0.3 is 5.97 Å². The van der Waals surface area contributed by atoms with Crippen molar-refractivity contribution in [3.63, 3.8) is 0 Å². The Hall–Kier alpha value is -1.93. The Bertz CT molecular complexity index is 851. The number of hydrogen-bond acceptors (Lipinski definition) is 3. The van der Waals surface area contributed by atoms with Crippen LogP contribution in [0.4, 0.5) is 0 Å². The van der Waals surface area contributed by atoms with Gasteiger partial charge < -0.3 is 10.0 Å². The van der Waals surface area contributed by atoms with Crippen molar-refractivity contribution >= 4 is 23.6 Å². The first kappa shape index (κ1) is 27.3. The summed E-state index contributed by atoms with van der Waals surface area (Å²) in [7, 11) is 0. The van der Waals surface area contributed by atoms with Crippen molar-refractivity contribution in [2.24, 2.45) is 5.41 Å². The summed E-state index contributed by atoms with van der Waals surface area (Å²) in [6.45, 7) is 11.8. The first-order valence-corrected chi connectivity index (χ1v) is 13.0. The van der Waals surface area contributed by atoms with E-state index in [2.05, 4.69) is 58.8 Å². The molecule has 2 aliphatic carbocycles. The standard InChI is InChI=1S/C28H41NO3S/c1-7-18-29(25(30)16-11-17-26(31)32)23-14-10-13-21(23)19-22-12-8-9-15-24(22)33-28(5,6)20-27(2,3)4/h1,9,15,19,23H,8,10-14,16-18,20H2,2-6H3,(H,31,32)/b21-19+. The highest BCUT2D eigenvalue weighted by atomic mass is 32.2. The van der Waals surface area contributed by atoms with Gasteiger partial charge in [-0.3, -0.25) is 9.59 Å². The summed E-state index contributed by atoms with van der Waals surface area (Å²) in [4.78, 5) is 26.9. The van der Waals surface area contributed by atoms with Crippen molar-refractivity contribution in [2.45, 2.75) is 103 Å². The maximum absolute atomic E-state index is 12.9. The number of aliphatic carboxylic acids is 1. The van der Waals surface area contributed by atoms with Gasteiger partial charge in [0.25, 0.3) is 0 Å². The molecule has 0 spiro atoms. The zero-order valence-corrected chi connectivity index (χ0v) is 21.9. The molecule has 1 amide bonds. The van der Waals surface area contributed by atoms with Gasteiger partial charge in [-0.15, -0.1) is 18.2 Å². The zero-order chi connectivity index (χ0) is 24.6. The van der Waals surface area contributed by atoms with Gasteiger partial charge in [-0.2, -0.15) is 0 Å². The lowest BCUT2D eigenvalue weighted by molar-refractivity contribution is -0.137. The molecule has 1 unspecified atom stereocenters. The largest absolute Gasteiger partial charge is 0.481 e. The second-order valence-corrected chi connectivity index (χ2v) is 12.8. The fourth-order valence-corrected chi connectivity index (χ4v) is 6.67. The molecule has 1 saturated carbocycles. The van der Waals surface area contributed by atoms with E-state index in [9.17, 15) is 9.59 Å². The van der Waals surface area contributed by atoms with Crippen LogP contribution in [-0.4, -0.2) is 39.2 Å². The van der Waals surface area contributed by atoms with E-state index in [4.69, 9.17) is 11.5 Å². The van der Waals surface area contributed by atoms with Crippen LogP contribution in [0.5, 0.6) is 0 Å². The predicted molar refractivity (Wildman–Crippen MR) is 139 cm³/mol. The molecule has 1 fully saturated rings. The van der Waals surface area contributed by atoms with Gasteiger partial charge in [-0.25, -0.2) is 0 Å². The van der Waals surface area contributed by atoms with E-state index in [-0.39, 0.29) is 41.5 Å². The molecule has 0 radical (unpaired) electrons. The summed E-state index contributed by atoms with van der Waals surface area (Å²) in [6.07, 6.45) is 19.2. The molecule has 1 atom stereocenters. The van der Waals surface area contributed by atoms with Gasteiger partial charge in [0, 0.05) is 22.5 Å². The summed E-state index contributed by atoms with van der Waals surface area (Å²) in [5, 5.41) is 8.89. The predicted octanol–water partition coefficient (Wildman–Crippen LogP) is 6.73. The maximum Gasteiger partial charge on any atom is 0.303 e. The van der Waals surface area contributed by atoms with Crippen molar-refractivity contribution in [1.82, 2.24) is 4.90 Å². The normalized spacial score (nSPS) is 20.2. The number of allylic oxidation sites excluding steroid dienone is 4. The van der Waals surface area contributed by atoms with Crippen molar-refractivity contribution in [1.29, 1.82) is 0 Å². The van der Waals surface area contributed by atoms with E-state index in [1.165, 1.54) is 16.1 Å². The number of terminal acetylenes is 1. The van der Waals surface area contributed by atoms with Gasteiger partial charge in [0.05, 0.1) is 12.6 Å². The molecule has 0 aromatic heterocycles. The van der Waals surface area contributed by atoms with Crippen LogP contribution in [0.2, 0.25) is 0 Å². The smallest absolute Gasteiger partial charge is 0.303 e. The minimum Gasteiger partial charge on any atom is -0.481 e. The molecule has 0 aromatic carbocycles. The molecule has 0 saturated heterocycles. The maximum atomic E-state index is 12.9.